The predicted molar refractivity (Wildman–Crippen MR) is 139 cm³/mol. The zero-order valence-corrected chi connectivity index (χ0v) is 21.8. The molecule has 0 saturated carbocycles. The highest BCUT2D eigenvalue weighted by Gasteiger charge is 2.36. The van der Waals surface area contributed by atoms with Gasteiger partial charge in [-0.3, -0.25) is 9.58 Å². The number of hydrogen-bond donors (Lipinski definition) is 1. The van der Waals surface area contributed by atoms with Gasteiger partial charge in [-0.1, -0.05) is 0 Å². The van der Waals surface area contributed by atoms with Crippen LogP contribution in [0.1, 0.15) is 45.7 Å². The molecular formula is C28H31FN4O5. The van der Waals surface area contributed by atoms with E-state index in [1.807, 2.05) is 44.6 Å². The third-order valence-electron chi connectivity index (χ3n) is 6.79. The Labute approximate surface area is 220 Å². The van der Waals surface area contributed by atoms with Crippen molar-refractivity contribution in [2.24, 2.45) is 0 Å². The summed E-state index contributed by atoms with van der Waals surface area (Å²) in [5.74, 6) is 0.595. The van der Waals surface area contributed by atoms with Crippen LogP contribution >= 0.6 is 0 Å². The van der Waals surface area contributed by atoms with Gasteiger partial charge < -0.3 is 19.5 Å². The molecule has 2 aliphatic rings. The van der Waals surface area contributed by atoms with Crippen molar-refractivity contribution in [1.82, 2.24) is 14.7 Å². The van der Waals surface area contributed by atoms with Gasteiger partial charge in [0.15, 0.2) is 0 Å². The van der Waals surface area contributed by atoms with Gasteiger partial charge in [0, 0.05) is 42.0 Å². The van der Waals surface area contributed by atoms with Gasteiger partial charge in [0.05, 0.1) is 17.9 Å². The highest BCUT2D eigenvalue weighted by atomic mass is 19.1. The monoisotopic (exact) mass is 522 g/mol. The summed E-state index contributed by atoms with van der Waals surface area (Å²) < 4.78 is 27.1. The maximum atomic E-state index is 13.5. The van der Waals surface area contributed by atoms with Crippen LogP contribution in [0.5, 0.6) is 11.5 Å². The van der Waals surface area contributed by atoms with Crippen LogP contribution in [-0.4, -0.2) is 56.7 Å². The molecule has 5 rings (SSSR count). The first kappa shape index (κ1) is 25.6. The van der Waals surface area contributed by atoms with Crippen molar-refractivity contribution in [3.05, 3.63) is 60.2 Å². The Kier molecular flexibility index (Phi) is 6.50. The second kappa shape index (κ2) is 9.66. The Hall–Kier alpha value is -4.08. The Morgan fingerprint density at radius 2 is 1.82 bits per heavy atom. The second-order valence-corrected chi connectivity index (χ2v) is 10.8. The van der Waals surface area contributed by atoms with Gasteiger partial charge in [-0.15, -0.1) is 0 Å². The van der Waals surface area contributed by atoms with Crippen molar-refractivity contribution in [3.8, 4) is 22.6 Å². The van der Waals surface area contributed by atoms with Gasteiger partial charge in [-0.05, 0) is 76.9 Å². The lowest BCUT2D eigenvalue weighted by atomic mass is 9.92. The average Bonchev–Trinajstić information content (AvgIpc) is 3.27. The number of carboxylic acid groups (broad SMARTS) is 1. The summed E-state index contributed by atoms with van der Waals surface area (Å²) in [6.45, 7) is 8.37. The number of ether oxygens (including phenoxy) is 2. The molecule has 1 N–H and O–H groups in total. The van der Waals surface area contributed by atoms with Crippen LogP contribution in [0.25, 0.3) is 11.1 Å². The molecule has 2 amide bonds. The molecule has 200 valence electrons. The Morgan fingerprint density at radius 3 is 2.47 bits per heavy atom. The summed E-state index contributed by atoms with van der Waals surface area (Å²) in [7, 11) is 0. The number of anilines is 1. The summed E-state index contributed by atoms with van der Waals surface area (Å²) >= 11 is 0. The summed E-state index contributed by atoms with van der Waals surface area (Å²) in [5, 5.41) is 14.4. The normalized spacial score (nSPS) is 17.6. The van der Waals surface area contributed by atoms with Gasteiger partial charge in [-0.25, -0.2) is 14.0 Å². The van der Waals surface area contributed by atoms with Crippen LogP contribution in [-0.2, 0) is 11.2 Å². The number of likely N-dealkylation sites (tertiary alicyclic amines) is 1. The number of rotatable bonds is 4. The molecule has 0 radical (unpaired) electrons. The molecule has 2 aromatic carbocycles. The Bertz CT molecular complexity index is 1360. The first-order valence-electron chi connectivity index (χ1n) is 12.6. The minimum atomic E-state index is -1.02. The summed E-state index contributed by atoms with van der Waals surface area (Å²) in [4.78, 5) is 27.4. The summed E-state index contributed by atoms with van der Waals surface area (Å²) in [5.41, 5.74) is 2.35. The SMILES string of the molecule is C[C@H]1CCc2c(ccc(-c3cnn(C4CN(C(=O)OC(C)(C)C)C4)c3)c2Oc2ccc(F)cc2)N1C(=O)O. The van der Waals surface area contributed by atoms with Crippen molar-refractivity contribution in [2.75, 3.05) is 18.0 Å². The van der Waals surface area contributed by atoms with E-state index in [1.165, 1.54) is 17.0 Å². The van der Waals surface area contributed by atoms with Gasteiger partial charge in [0.2, 0.25) is 0 Å². The molecule has 1 saturated heterocycles. The van der Waals surface area contributed by atoms with E-state index >= 15 is 0 Å². The molecule has 0 spiro atoms. The van der Waals surface area contributed by atoms with E-state index in [9.17, 15) is 19.1 Å². The molecule has 3 aromatic rings. The van der Waals surface area contributed by atoms with E-state index in [0.29, 0.717) is 43.1 Å². The Morgan fingerprint density at radius 1 is 1.11 bits per heavy atom. The molecule has 0 aliphatic carbocycles. The molecule has 10 heteroatoms. The Balaban J connectivity index is 1.45. The number of aromatic nitrogens is 2. The van der Waals surface area contributed by atoms with E-state index in [-0.39, 0.29) is 24.0 Å². The third kappa shape index (κ3) is 5.03. The first-order valence-corrected chi connectivity index (χ1v) is 12.6. The fourth-order valence-corrected chi connectivity index (χ4v) is 4.84. The van der Waals surface area contributed by atoms with Crippen LogP contribution < -0.4 is 9.64 Å². The summed E-state index contributed by atoms with van der Waals surface area (Å²) in [6.07, 6.45) is 3.54. The first-order chi connectivity index (χ1) is 18.0. The van der Waals surface area contributed by atoms with Crippen LogP contribution in [0.15, 0.2) is 48.8 Å². The molecule has 0 bridgehead atoms. The van der Waals surface area contributed by atoms with Crippen LogP contribution in [0, 0.1) is 5.82 Å². The van der Waals surface area contributed by atoms with Crippen molar-refractivity contribution in [2.45, 2.75) is 58.2 Å². The second-order valence-electron chi connectivity index (χ2n) is 10.8. The summed E-state index contributed by atoms with van der Waals surface area (Å²) in [6, 6.07) is 9.21. The lowest BCUT2D eigenvalue weighted by molar-refractivity contribution is -0.000388. The molecule has 38 heavy (non-hydrogen) atoms. The van der Waals surface area contributed by atoms with Crippen molar-refractivity contribution in [1.29, 1.82) is 0 Å². The maximum absolute atomic E-state index is 13.5. The quantitative estimate of drug-likeness (QED) is 0.445. The highest BCUT2D eigenvalue weighted by Crippen LogP contribution is 2.45. The number of carbonyl (C=O) groups excluding carboxylic acids is 1. The molecule has 0 unspecified atom stereocenters. The number of nitrogens with zero attached hydrogens (tertiary/aromatic N) is 4. The van der Waals surface area contributed by atoms with E-state index in [0.717, 1.165) is 16.7 Å². The molecule has 1 atom stereocenters. The van der Waals surface area contributed by atoms with Gasteiger partial charge >= 0.3 is 12.2 Å². The number of halogens is 1. The van der Waals surface area contributed by atoms with Crippen molar-refractivity contribution >= 4 is 17.9 Å². The number of fused-ring (bicyclic) bond motifs is 1. The molecule has 3 heterocycles. The number of carbonyl (C=O) groups is 2. The number of amides is 2. The lowest BCUT2D eigenvalue weighted by Gasteiger charge is -2.39. The molecule has 9 nitrogen and oxygen atoms in total. The predicted octanol–water partition coefficient (Wildman–Crippen LogP) is 6.09. The average molecular weight is 523 g/mol. The zero-order chi connectivity index (χ0) is 27.2. The topological polar surface area (TPSA) is 97.1 Å². The smallest absolute Gasteiger partial charge is 0.412 e. The fourth-order valence-electron chi connectivity index (χ4n) is 4.84. The van der Waals surface area contributed by atoms with E-state index in [1.54, 1.807) is 29.3 Å². The van der Waals surface area contributed by atoms with Gasteiger partial charge in [0.1, 0.15) is 22.9 Å². The molecule has 2 aliphatic heterocycles. The standard InChI is InChI=1S/C28H31FN4O5/c1-17-5-10-23-24(33(17)26(34)35)12-11-22(25(23)37-21-8-6-19(29)7-9-21)18-13-30-32(14-18)20-15-31(16-20)27(36)38-28(2,3)4/h6-9,11-14,17,20H,5,10,15-16H2,1-4H3,(H,34,35)/t17-/m0/s1. The lowest BCUT2D eigenvalue weighted by Crippen LogP contribution is -2.52. The number of benzene rings is 2. The van der Waals surface area contributed by atoms with E-state index in [4.69, 9.17) is 9.47 Å². The van der Waals surface area contributed by atoms with Crippen LogP contribution in [0.2, 0.25) is 0 Å². The highest BCUT2D eigenvalue weighted by molar-refractivity contribution is 5.91. The van der Waals surface area contributed by atoms with E-state index < -0.39 is 11.7 Å². The van der Waals surface area contributed by atoms with Crippen molar-refractivity contribution < 1.29 is 28.6 Å². The zero-order valence-electron chi connectivity index (χ0n) is 21.8. The molecular weight excluding hydrogens is 491 g/mol. The molecule has 1 fully saturated rings. The van der Waals surface area contributed by atoms with Crippen LogP contribution in [0.3, 0.4) is 0 Å². The molecule has 1 aromatic heterocycles. The van der Waals surface area contributed by atoms with Gasteiger partial charge in [0.25, 0.3) is 0 Å². The minimum Gasteiger partial charge on any atom is -0.465 e. The minimum absolute atomic E-state index is 0.0127. The van der Waals surface area contributed by atoms with E-state index in [2.05, 4.69) is 5.10 Å². The van der Waals surface area contributed by atoms with Crippen LogP contribution in [0.4, 0.5) is 19.7 Å². The largest absolute Gasteiger partial charge is 0.465 e. The fraction of sp³-hybridized carbons (Fsp3) is 0.393. The number of hydrogen-bond acceptors (Lipinski definition) is 5. The maximum Gasteiger partial charge on any atom is 0.412 e. The third-order valence-corrected chi connectivity index (χ3v) is 6.79. The van der Waals surface area contributed by atoms with Gasteiger partial charge in [-0.2, -0.15) is 5.10 Å². The van der Waals surface area contributed by atoms with Crippen molar-refractivity contribution in [3.63, 3.8) is 0 Å².